The molecule has 0 aliphatic rings. The van der Waals surface area contributed by atoms with E-state index in [4.69, 9.17) is 4.74 Å². The Labute approximate surface area is 167 Å². The largest absolute Gasteiger partial charge is 0.465 e. The van der Waals surface area contributed by atoms with Crippen LogP contribution in [0.3, 0.4) is 0 Å². The molecule has 0 saturated heterocycles. The quantitative estimate of drug-likeness (QED) is 0.595. The summed E-state index contributed by atoms with van der Waals surface area (Å²) in [6.07, 6.45) is 0. The topological polar surface area (TPSA) is 104 Å². The van der Waals surface area contributed by atoms with Gasteiger partial charge in [-0.05, 0) is 30.8 Å². The smallest absolute Gasteiger partial charge is 0.339 e. The average Bonchev–Trinajstić information content (AvgIpc) is 2.73. The first-order valence-corrected chi connectivity index (χ1v) is 9.19. The van der Waals surface area contributed by atoms with Gasteiger partial charge in [-0.1, -0.05) is 31.2 Å². The van der Waals surface area contributed by atoms with Gasteiger partial charge in [0.05, 0.1) is 42.4 Å². The summed E-state index contributed by atoms with van der Waals surface area (Å²) in [6, 6.07) is 13.8. The zero-order chi connectivity index (χ0) is 20.8. The number of hydrogen-bond acceptors (Lipinski definition) is 6. The number of benzene rings is 2. The molecule has 0 atom stereocenters. The van der Waals surface area contributed by atoms with E-state index < -0.39 is 5.97 Å². The monoisotopic (exact) mass is 394 g/mol. The SMILES string of the molecule is CCN(CC(=O)Nc1ccccc1C(=O)OC)Cc1nc2ccccc2c(=O)[nH]1. The minimum atomic E-state index is -0.522. The molecule has 0 unspecified atom stereocenters. The third-order valence-corrected chi connectivity index (χ3v) is 4.46. The summed E-state index contributed by atoms with van der Waals surface area (Å²) >= 11 is 0. The van der Waals surface area contributed by atoms with E-state index in [0.29, 0.717) is 35.5 Å². The second kappa shape index (κ2) is 9.11. The molecular formula is C21H22N4O4. The minimum absolute atomic E-state index is 0.0720. The van der Waals surface area contributed by atoms with Crippen LogP contribution in [-0.2, 0) is 16.1 Å². The van der Waals surface area contributed by atoms with Gasteiger partial charge in [0.25, 0.3) is 5.56 Å². The number of carbonyl (C=O) groups is 2. The maximum atomic E-state index is 12.5. The number of hydrogen-bond donors (Lipinski definition) is 2. The number of amides is 1. The lowest BCUT2D eigenvalue weighted by molar-refractivity contribution is -0.117. The molecule has 0 saturated carbocycles. The molecule has 0 aliphatic heterocycles. The summed E-state index contributed by atoms with van der Waals surface area (Å²) in [5, 5.41) is 3.27. The van der Waals surface area contributed by atoms with Gasteiger partial charge in [0.15, 0.2) is 0 Å². The molecule has 0 fully saturated rings. The highest BCUT2D eigenvalue weighted by Crippen LogP contribution is 2.16. The second-order valence-corrected chi connectivity index (χ2v) is 6.42. The Morgan fingerprint density at radius 1 is 1.14 bits per heavy atom. The van der Waals surface area contributed by atoms with Gasteiger partial charge in [-0.25, -0.2) is 9.78 Å². The Kier molecular flexibility index (Phi) is 6.36. The van der Waals surface area contributed by atoms with Gasteiger partial charge in [-0.2, -0.15) is 0 Å². The number of nitrogens with one attached hydrogen (secondary N) is 2. The fraction of sp³-hybridized carbons (Fsp3) is 0.238. The number of carbonyl (C=O) groups excluding carboxylic acids is 2. The molecule has 2 N–H and O–H groups in total. The fourth-order valence-corrected chi connectivity index (χ4v) is 2.97. The molecule has 0 aliphatic carbocycles. The van der Waals surface area contributed by atoms with Crippen LogP contribution in [-0.4, -0.2) is 46.9 Å². The van der Waals surface area contributed by atoms with Crippen LogP contribution in [0.2, 0.25) is 0 Å². The van der Waals surface area contributed by atoms with Crippen molar-refractivity contribution in [3.63, 3.8) is 0 Å². The first kappa shape index (κ1) is 20.2. The van der Waals surface area contributed by atoms with Crippen LogP contribution >= 0.6 is 0 Å². The molecule has 8 heteroatoms. The van der Waals surface area contributed by atoms with E-state index in [9.17, 15) is 14.4 Å². The highest BCUT2D eigenvalue weighted by Gasteiger charge is 2.16. The molecule has 150 valence electrons. The molecule has 1 amide bonds. The molecule has 2 aromatic carbocycles. The van der Waals surface area contributed by atoms with Crippen molar-refractivity contribution in [1.82, 2.24) is 14.9 Å². The van der Waals surface area contributed by atoms with Crippen molar-refractivity contribution in [1.29, 1.82) is 0 Å². The van der Waals surface area contributed by atoms with Crippen LogP contribution in [0.25, 0.3) is 10.9 Å². The molecule has 0 spiro atoms. The Morgan fingerprint density at radius 2 is 1.86 bits per heavy atom. The lowest BCUT2D eigenvalue weighted by Gasteiger charge is -2.19. The van der Waals surface area contributed by atoms with Crippen molar-refractivity contribution in [2.24, 2.45) is 0 Å². The van der Waals surface area contributed by atoms with Gasteiger partial charge in [-0.3, -0.25) is 14.5 Å². The van der Waals surface area contributed by atoms with Crippen LogP contribution in [0.4, 0.5) is 5.69 Å². The zero-order valence-corrected chi connectivity index (χ0v) is 16.3. The van der Waals surface area contributed by atoms with Crippen molar-refractivity contribution in [3.05, 3.63) is 70.3 Å². The Bertz CT molecular complexity index is 1090. The predicted octanol–water partition coefficient (Wildman–Crippen LogP) is 2.17. The highest BCUT2D eigenvalue weighted by molar-refractivity contribution is 6.01. The number of aromatic amines is 1. The number of anilines is 1. The summed E-state index contributed by atoms with van der Waals surface area (Å²) in [4.78, 5) is 45.7. The van der Waals surface area contributed by atoms with Crippen LogP contribution in [0.1, 0.15) is 23.1 Å². The molecule has 29 heavy (non-hydrogen) atoms. The summed E-state index contributed by atoms with van der Waals surface area (Å²) < 4.78 is 4.74. The lowest BCUT2D eigenvalue weighted by atomic mass is 10.2. The Morgan fingerprint density at radius 3 is 2.62 bits per heavy atom. The van der Waals surface area contributed by atoms with Gasteiger partial charge < -0.3 is 15.0 Å². The number of aromatic nitrogens is 2. The van der Waals surface area contributed by atoms with Crippen molar-refractivity contribution >= 4 is 28.5 Å². The van der Waals surface area contributed by atoms with Gasteiger partial charge in [0.2, 0.25) is 5.91 Å². The number of ether oxygens (including phenoxy) is 1. The molecule has 1 heterocycles. The third kappa shape index (κ3) is 4.85. The van der Waals surface area contributed by atoms with E-state index in [-0.39, 0.29) is 23.6 Å². The van der Waals surface area contributed by atoms with Crippen molar-refractivity contribution < 1.29 is 14.3 Å². The van der Waals surface area contributed by atoms with Crippen molar-refractivity contribution in [2.45, 2.75) is 13.5 Å². The van der Waals surface area contributed by atoms with E-state index >= 15 is 0 Å². The summed E-state index contributed by atoms with van der Waals surface area (Å²) in [5.41, 5.74) is 1.07. The molecule has 1 aromatic heterocycles. The minimum Gasteiger partial charge on any atom is -0.465 e. The van der Waals surface area contributed by atoms with Crippen molar-refractivity contribution in [3.8, 4) is 0 Å². The van der Waals surface area contributed by atoms with Gasteiger partial charge in [-0.15, -0.1) is 0 Å². The van der Waals surface area contributed by atoms with Crippen LogP contribution < -0.4 is 10.9 Å². The average molecular weight is 394 g/mol. The van der Waals surface area contributed by atoms with Crippen LogP contribution in [0, 0.1) is 0 Å². The predicted molar refractivity (Wildman–Crippen MR) is 110 cm³/mol. The number of rotatable bonds is 7. The number of methoxy groups -OCH3 is 1. The van der Waals surface area contributed by atoms with Crippen LogP contribution in [0.5, 0.6) is 0 Å². The maximum absolute atomic E-state index is 12.5. The van der Waals surface area contributed by atoms with Gasteiger partial charge in [0, 0.05) is 0 Å². The normalized spacial score (nSPS) is 10.9. The number of likely N-dealkylation sites (N-methyl/N-ethyl adjacent to an activating group) is 1. The number of para-hydroxylation sites is 2. The highest BCUT2D eigenvalue weighted by atomic mass is 16.5. The third-order valence-electron chi connectivity index (χ3n) is 4.46. The fourth-order valence-electron chi connectivity index (χ4n) is 2.97. The molecule has 0 bridgehead atoms. The van der Waals surface area contributed by atoms with Crippen LogP contribution in [0.15, 0.2) is 53.3 Å². The molecule has 8 nitrogen and oxygen atoms in total. The maximum Gasteiger partial charge on any atom is 0.339 e. The Hall–Kier alpha value is -3.52. The zero-order valence-electron chi connectivity index (χ0n) is 16.3. The number of esters is 1. The number of H-pyrrole nitrogens is 1. The molecule has 3 aromatic rings. The van der Waals surface area contributed by atoms with E-state index in [0.717, 1.165) is 0 Å². The second-order valence-electron chi connectivity index (χ2n) is 6.42. The summed E-state index contributed by atoms with van der Waals surface area (Å²) in [5.74, 6) is -0.323. The summed E-state index contributed by atoms with van der Waals surface area (Å²) in [7, 11) is 1.29. The van der Waals surface area contributed by atoms with Gasteiger partial charge >= 0.3 is 5.97 Å². The van der Waals surface area contributed by atoms with E-state index in [1.54, 1.807) is 42.5 Å². The van der Waals surface area contributed by atoms with Crippen molar-refractivity contribution in [2.75, 3.05) is 25.5 Å². The summed E-state index contributed by atoms with van der Waals surface area (Å²) in [6.45, 7) is 2.86. The first-order chi connectivity index (χ1) is 14.0. The van der Waals surface area contributed by atoms with Gasteiger partial charge in [0.1, 0.15) is 5.82 Å². The number of nitrogens with zero attached hydrogens (tertiary/aromatic N) is 2. The van der Waals surface area contributed by atoms with E-state index in [2.05, 4.69) is 15.3 Å². The standard InChI is InChI=1S/C21H22N4O4/c1-3-25(12-18-22-16-10-6-4-8-14(16)20(27)24-18)13-19(26)23-17-11-7-5-9-15(17)21(28)29-2/h4-11H,3,12-13H2,1-2H3,(H,23,26)(H,22,24,27). The van der Waals surface area contributed by atoms with E-state index in [1.165, 1.54) is 7.11 Å². The molecule has 3 rings (SSSR count). The first-order valence-electron chi connectivity index (χ1n) is 9.19. The Balaban J connectivity index is 1.71. The van der Waals surface area contributed by atoms with E-state index in [1.807, 2.05) is 17.9 Å². The number of fused-ring (bicyclic) bond motifs is 1. The molecular weight excluding hydrogens is 372 g/mol. The lowest BCUT2D eigenvalue weighted by Crippen LogP contribution is -2.34. The molecule has 0 radical (unpaired) electrons.